The lowest BCUT2D eigenvalue weighted by atomic mass is 9.90. The molecule has 1 aliphatic rings. The molecule has 2 N–H and O–H groups in total. The maximum absolute atomic E-state index is 12.6. The molecule has 1 aromatic rings. The van der Waals surface area contributed by atoms with Crippen LogP contribution in [0.3, 0.4) is 0 Å². The van der Waals surface area contributed by atoms with E-state index >= 15 is 0 Å². The second kappa shape index (κ2) is 9.88. The Morgan fingerprint density at radius 3 is 2.27 bits per heavy atom. The fourth-order valence-corrected chi connectivity index (χ4v) is 4.43. The summed E-state index contributed by atoms with van der Waals surface area (Å²) in [6.07, 6.45) is 4.24. The minimum absolute atomic E-state index is 0.0589. The van der Waals surface area contributed by atoms with Crippen molar-refractivity contribution in [3.05, 3.63) is 41.5 Å². The molecule has 33 heavy (non-hydrogen) atoms. The number of amides is 2. The van der Waals surface area contributed by atoms with Crippen LogP contribution in [0.15, 0.2) is 30.4 Å². The molecule has 1 atom stereocenters. The summed E-state index contributed by atoms with van der Waals surface area (Å²) in [5.41, 5.74) is 2.61. The predicted octanol–water partition coefficient (Wildman–Crippen LogP) is 5.93. The molecule has 0 radical (unpaired) electrons. The van der Waals surface area contributed by atoms with Crippen molar-refractivity contribution in [2.45, 2.75) is 97.9 Å². The van der Waals surface area contributed by atoms with Gasteiger partial charge in [-0.05, 0) is 91.1 Å². The average molecular weight is 458 g/mol. The quantitative estimate of drug-likeness (QED) is 0.498. The smallest absolute Gasteiger partial charge is 0.408 e. The third kappa shape index (κ3) is 6.83. The van der Waals surface area contributed by atoms with Crippen LogP contribution in [0.4, 0.5) is 10.5 Å². The van der Waals surface area contributed by atoms with Crippen LogP contribution in [0, 0.1) is 5.92 Å². The Hall–Kier alpha value is -2.34. The molecule has 0 bridgehead atoms. The van der Waals surface area contributed by atoms with Gasteiger partial charge in [-0.3, -0.25) is 9.69 Å². The van der Waals surface area contributed by atoms with E-state index in [1.807, 2.05) is 39.0 Å². The summed E-state index contributed by atoms with van der Waals surface area (Å²) in [4.78, 5) is 27.1. The fourth-order valence-electron chi connectivity index (χ4n) is 4.43. The molecule has 0 unspecified atom stereocenters. The average Bonchev–Trinajstić information content (AvgIpc) is 2.77. The van der Waals surface area contributed by atoms with Crippen LogP contribution in [0.25, 0.3) is 0 Å². The summed E-state index contributed by atoms with van der Waals surface area (Å²) >= 11 is 0. The molecule has 0 saturated heterocycles. The number of nitrogens with one attached hydrogen (secondary N) is 2. The van der Waals surface area contributed by atoms with Crippen molar-refractivity contribution >= 4 is 17.7 Å². The molecular formula is C27H43N3O3. The standard InChI is InChI=1S/C27H43N3O3/c1-18(2)16-19(29-24(32)33-25(3,4)5)12-11-13-23(31)28-20-14-15-21-22(17-20)27(8,9)30(10)26(21,6)7/h11-12,14-15,17-19H,13,16H2,1-10H3,(H,28,31)(H,29,32)/b12-11+/t19-/m1/s1. The van der Waals surface area contributed by atoms with Gasteiger partial charge in [0.2, 0.25) is 5.91 Å². The summed E-state index contributed by atoms with van der Waals surface area (Å²) in [5.74, 6) is 0.302. The van der Waals surface area contributed by atoms with Gasteiger partial charge in [0.25, 0.3) is 0 Å². The molecule has 0 aliphatic carbocycles. The molecule has 1 aromatic carbocycles. The van der Waals surface area contributed by atoms with Crippen LogP contribution in [-0.4, -0.2) is 35.6 Å². The molecule has 0 aromatic heterocycles. The van der Waals surface area contributed by atoms with Gasteiger partial charge in [0.1, 0.15) is 5.60 Å². The van der Waals surface area contributed by atoms with Gasteiger partial charge in [0.05, 0.1) is 6.04 Å². The first-order chi connectivity index (χ1) is 15.0. The van der Waals surface area contributed by atoms with Gasteiger partial charge in [-0.15, -0.1) is 0 Å². The number of anilines is 1. The normalized spacial score (nSPS) is 18.3. The van der Waals surface area contributed by atoms with Crippen LogP contribution < -0.4 is 10.6 Å². The number of alkyl carbamates (subject to hydrolysis) is 1. The van der Waals surface area contributed by atoms with Crippen LogP contribution in [0.1, 0.15) is 86.3 Å². The maximum Gasteiger partial charge on any atom is 0.408 e. The number of nitrogens with zero attached hydrogens (tertiary/aromatic N) is 1. The van der Waals surface area contributed by atoms with Gasteiger partial charge in [-0.1, -0.05) is 32.1 Å². The number of benzene rings is 1. The molecule has 2 rings (SSSR count). The van der Waals surface area contributed by atoms with Crippen molar-refractivity contribution in [1.29, 1.82) is 0 Å². The van der Waals surface area contributed by atoms with Crippen LogP contribution >= 0.6 is 0 Å². The van der Waals surface area contributed by atoms with Crippen LogP contribution in [0.5, 0.6) is 0 Å². The zero-order valence-corrected chi connectivity index (χ0v) is 22.1. The summed E-state index contributed by atoms with van der Waals surface area (Å²) in [6, 6.07) is 6.00. The molecule has 2 amide bonds. The SMILES string of the molecule is CC(C)C[C@@H](/C=C/CC(=O)Nc1ccc2c(c1)C(C)(C)N(C)C2(C)C)NC(=O)OC(C)(C)C. The Labute approximate surface area is 200 Å². The largest absolute Gasteiger partial charge is 0.444 e. The van der Waals surface area contributed by atoms with E-state index in [0.29, 0.717) is 5.92 Å². The highest BCUT2D eigenvalue weighted by Gasteiger charge is 2.46. The Bertz CT molecular complexity index is 894. The molecule has 1 aliphatic heterocycles. The lowest BCUT2D eigenvalue weighted by molar-refractivity contribution is -0.115. The number of carbonyl (C=O) groups excluding carboxylic acids is 2. The van der Waals surface area contributed by atoms with Gasteiger partial charge >= 0.3 is 6.09 Å². The molecule has 0 fully saturated rings. The van der Waals surface area contributed by atoms with E-state index in [9.17, 15) is 9.59 Å². The van der Waals surface area contributed by atoms with E-state index < -0.39 is 11.7 Å². The van der Waals surface area contributed by atoms with Gasteiger partial charge in [-0.25, -0.2) is 4.79 Å². The van der Waals surface area contributed by atoms with Gasteiger partial charge < -0.3 is 15.4 Å². The molecule has 6 nitrogen and oxygen atoms in total. The van der Waals surface area contributed by atoms with Crippen molar-refractivity contribution in [2.75, 3.05) is 12.4 Å². The predicted molar refractivity (Wildman–Crippen MR) is 135 cm³/mol. The maximum atomic E-state index is 12.6. The van der Waals surface area contributed by atoms with Crippen molar-refractivity contribution in [1.82, 2.24) is 10.2 Å². The van der Waals surface area contributed by atoms with Crippen molar-refractivity contribution in [3.63, 3.8) is 0 Å². The van der Waals surface area contributed by atoms with Crippen molar-refractivity contribution < 1.29 is 14.3 Å². The van der Waals surface area contributed by atoms with Crippen LogP contribution in [-0.2, 0) is 20.6 Å². The highest BCUT2D eigenvalue weighted by molar-refractivity contribution is 5.91. The second-order valence-corrected chi connectivity index (χ2v) is 11.5. The van der Waals surface area contributed by atoms with Gasteiger partial charge in [-0.2, -0.15) is 0 Å². The van der Waals surface area contributed by atoms with Gasteiger partial charge in [0.15, 0.2) is 0 Å². The second-order valence-electron chi connectivity index (χ2n) is 11.5. The monoisotopic (exact) mass is 457 g/mol. The molecule has 0 saturated carbocycles. The van der Waals surface area contributed by atoms with Crippen LogP contribution in [0.2, 0.25) is 0 Å². The highest BCUT2D eigenvalue weighted by atomic mass is 16.6. The number of hydrogen-bond acceptors (Lipinski definition) is 4. The van der Waals surface area contributed by atoms with E-state index in [2.05, 4.69) is 76.3 Å². The van der Waals surface area contributed by atoms with E-state index in [0.717, 1.165) is 12.1 Å². The van der Waals surface area contributed by atoms with Crippen molar-refractivity contribution in [3.8, 4) is 0 Å². The lowest BCUT2D eigenvalue weighted by Gasteiger charge is -2.37. The minimum Gasteiger partial charge on any atom is -0.444 e. The summed E-state index contributed by atoms with van der Waals surface area (Å²) in [7, 11) is 2.14. The zero-order chi connectivity index (χ0) is 25.2. The summed E-state index contributed by atoms with van der Waals surface area (Å²) in [6.45, 7) is 18.6. The van der Waals surface area contributed by atoms with Gasteiger partial charge in [0, 0.05) is 23.2 Å². The number of ether oxygens (including phenoxy) is 1. The van der Waals surface area contributed by atoms with Crippen molar-refractivity contribution in [2.24, 2.45) is 5.92 Å². The van der Waals surface area contributed by atoms with E-state index in [1.54, 1.807) is 0 Å². The number of carbonyl (C=O) groups is 2. The highest BCUT2D eigenvalue weighted by Crippen LogP contribution is 2.48. The third-order valence-electron chi connectivity index (χ3n) is 6.40. The minimum atomic E-state index is -0.551. The first kappa shape index (κ1) is 26.9. The van der Waals surface area contributed by atoms with E-state index in [4.69, 9.17) is 4.74 Å². The topological polar surface area (TPSA) is 70.7 Å². The molecule has 6 heteroatoms. The first-order valence-electron chi connectivity index (χ1n) is 11.9. The zero-order valence-electron chi connectivity index (χ0n) is 22.1. The fraction of sp³-hybridized carbons (Fsp3) is 0.630. The third-order valence-corrected chi connectivity index (χ3v) is 6.40. The molecule has 184 valence electrons. The summed E-state index contributed by atoms with van der Waals surface area (Å²) in [5, 5.41) is 5.91. The molecule has 1 heterocycles. The number of fused-ring (bicyclic) bond motifs is 1. The Balaban J connectivity index is 2.02. The Morgan fingerprint density at radius 2 is 1.70 bits per heavy atom. The Morgan fingerprint density at radius 1 is 1.09 bits per heavy atom. The Kier molecular flexibility index (Phi) is 8.06. The summed E-state index contributed by atoms with van der Waals surface area (Å²) < 4.78 is 5.37. The first-order valence-corrected chi connectivity index (χ1v) is 11.9. The molecular weight excluding hydrogens is 414 g/mol. The number of hydrogen-bond donors (Lipinski definition) is 2. The van der Waals surface area contributed by atoms with E-state index in [1.165, 1.54) is 11.1 Å². The van der Waals surface area contributed by atoms with E-state index in [-0.39, 0.29) is 29.4 Å². The lowest BCUT2D eigenvalue weighted by Crippen LogP contribution is -2.42. The molecule has 0 spiro atoms. The number of rotatable bonds is 7.